The van der Waals surface area contributed by atoms with Gasteiger partial charge in [0.15, 0.2) is 0 Å². The van der Waals surface area contributed by atoms with E-state index < -0.39 is 0 Å². The topological polar surface area (TPSA) is 52.2 Å². The number of carbonyl (C=O) groups is 1. The van der Waals surface area contributed by atoms with Crippen molar-refractivity contribution in [1.82, 2.24) is 15.1 Å². The Balaban J connectivity index is 1.45. The Labute approximate surface area is 172 Å². The van der Waals surface area contributed by atoms with Crippen LogP contribution in [0.15, 0.2) is 42.5 Å². The second kappa shape index (κ2) is 7.74. The lowest BCUT2D eigenvalue weighted by atomic mass is 10.0. The molecule has 0 unspecified atom stereocenters. The van der Waals surface area contributed by atoms with E-state index in [4.69, 9.17) is 0 Å². The van der Waals surface area contributed by atoms with Crippen LogP contribution in [-0.2, 0) is 0 Å². The standard InChI is InChI=1S/C24H28N4O/c1-16-8-9-20(18(3)14-16)21-15-22(26-25-21)24(29)28-12-10-27(11-13-28)23-7-5-6-17(2)19(23)4/h5-9,14-15H,10-13H2,1-4H3,(H,25,26). The van der Waals surface area contributed by atoms with Gasteiger partial charge < -0.3 is 9.80 Å². The number of hydrogen-bond donors (Lipinski definition) is 1. The highest BCUT2D eigenvalue weighted by atomic mass is 16.2. The number of benzene rings is 2. The number of piperazine rings is 1. The third-order valence-corrected chi connectivity index (χ3v) is 5.95. The summed E-state index contributed by atoms with van der Waals surface area (Å²) in [5.74, 6) is 0.0223. The maximum absolute atomic E-state index is 13.0. The number of nitrogens with one attached hydrogen (secondary N) is 1. The highest BCUT2D eigenvalue weighted by Crippen LogP contribution is 2.25. The normalized spacial score (nSPS) is 14.3. The van der Waals surface area contributed by atoms with E-state index in [9.17, 15) is 4.79 Å². The predicted octanol–water partition coefficient (Wildman–Crippen LogP) is 4.27. The van der Waals surface area contributed by atoms with Crippen molar-refractivity contribution in [3.05, 3.63) is 70.4 Å². The molecular formula is C24H28N4O. The maximum Gasteiger partial charge on any atom is 0.272 e. The number of aromatic amines is 1. The predicted molar refractivity (Wildman–Crippen MR) is 118 cm³/mol. The van der Waals surface area contributed by atoms with E-state index in [1.54, 1.807) is 0 Å². The number of aryl methyl sites for hydroxylation is 3. The van der Waals surface area contributed by atoms with Crippen LogP contribution in [0.5, 0.6) is 0 Å². The van der Waals surface area contributed by atoms with Gasteiger partial charge in [0.25, 0.3) is 5.91 Å². The second-order valence-electron chi connectivity index (χ2n) is 7.98. The Morgan fingerprint density at radius 2 is 1.69 bits per heavy atom. The van der Waals surface area contributed by atoms with Gasteiger partial charge in [-0.2, -0.15) is 5.10 Å². The summed E-state index contributed by atoms with van der Waals surface area (Å²) in [5, 5.41) is 7.34. The molecule has 1 aromatic heterocycles. The van der Waals surface area contributed by atoms with Gasteiger partial charge in [0.1, 0.15) is 5.69 Å². The number of rotatable bonds is 3. The molecule has 0 aliphatic carbocycles. The molecule has 29 heavy (non-hydrogen) atoms. The quantitative estimate of drug-likeness (QED) is 0.729. The van der Waals surface area contributed by atoms with Gasteiger partial charge in [-0.3, -0.25) is 9.89 Å². The van der Waals surface area contributed by atoms with Crippen LogP contribution in [0.25, 0.3) is 11.3 Å². The lowest BCUT2D eigenvalue weighted by Gasteiger charge is -2.36. The van der Waals surface area contributed by atoms with Crippen LogP contribution >= 0.6 is 0 Å². The highest BCUT2D eigenvalue weighted by molar-refractivity contribution is 5.93. The van der Waals surface area contributed by atoms with Crippen LogP contribution in [0, 0.1) is 27.7 Å². The zero-order valence-electron chi connectivity index (χ0n) is 17.6. The van der Waals surface area contributed by atoms with E-state index in [1.807, 2.05) is 11.0 Å². The Kier molecular flexibility index (Phi) is 5.14. The SMILES string of the molecule is Cc1ccc(-c2cc(C(=O)N3CCN(c4cccc(C)c4C)CC3)[nH]n2)c(C)c1. The fourth-order valence-electron chi connectivity index (χ4n) is 4.07. The van der Waals surface area contributed by atoms with Gasteiger partial charge in [-0.25, -0.2) is 0 Å². The Morgan fingerprint density at radius 3 is 2.41 bits per heavy atom. The van der Waals surface area contributed by atoms with Crippen molar-refractivity contribution in [3.63, 3.8) is 0 Å². The number of aromatic nitrogens is 2. The first-order valence-corrected chi connectivity index (χ1v) is 10.2. The maximum atomic E-state index is 13.0. The lowest BCUT2D eigenvalue weighted by Crippen LogP contribution is -2.49. The van der Waals surface area contributed by atoms with Crippen molar-refractivity contribution in [1.29, 1.82) is 0 Å². The molecule has 0 atom stereocenters. The minimum Gasteiger partial charge on any atom is -0.368 e. The molecule has 2 aromatic carbocycles. The molecule has 0 radical (unpaired) electrons. The fraction of sp³-hybridized carbons (Fsp3) is 0.333. The molecule has 0 saturated carbocycles. The number of carbonyl (C=O) groups excluding carboxylic acids is 1. The number of hydrogen-bond acceptors (Lipinski definition) is 3. The lowest BCUT2D eigenvalue weighted by molar-refractivity contribution is 0.0741. The highest BCUT2D eigenvalue weighted by Gasteiger charge is 2.24. The summed E-state index contributed by atoms with van der Waals surface area (Å²) in [4.78, 5) is 17.3. The molecule has 150 valence electrons. The molecule has 1 N–H and O–H groups in total. The number of H-pyrrole nitrogens is 1. The molecule has 1 aliphatic heterocycles. The minimum atomic E-state index is 0.0223. The average Bonchev–Trinajstić information content (AvgIpc) is 3.19. The third kappa shape index (κ3) is 3.77. The third-order valence-electron chi connectivity index (χ3n) is 5.95. The van der Waals surface area contributed by atoms with E-state index >= 15 is 0 Å². The number of nitrogens with zero attached hydrogens (tertiary/aromatic N) is 3. The smallest absolute Gasteiger partial charge is 0.272 e. The van der Waals surface area contributed by atoms with Gasteiger partial charge in [0.05, 0.1) is 5.69 Å². The van der Waals surface area contributed by atoms with Gasteiger partial charge in [0.2, 0.25) is 0 Å². The van der Waals surface area contributed by atoms with Crippen LogP contribution in [0.2, 0.25) is 0 Å². The molecule has 3 aromatic rings. The summed E-state index contributed by atoms with van der Waals surface area (Å²) in [6, 6.07) is 14.6. The minimum absolute atomic E-state index is 0.0223. The summed E-state index contributed by atoms with van der Waals surface area (Å²) in [5.41, 5.74) is 8.72. The van der Waals surface area contributed by atoms with Gasteiger partial charge in [-0.05, 0) is 56.5 Å². The Bertz CT molecular complexity index is 1040. The van der Waals surface area contributed by atoms with Gasteiger partial charge in [-0.15, -0.1) is 0 Å². The van der Waals surface area contributed by atoms with E-state index in [0.29, 0.717) is 18.8 Å². The van der Waals surface area contributed by atoms with Crippen molar-refractivity contribution in [2.75, 3.05) is 31.1 Å². The van der Waals surface area contributed by atoms with Gasteiger partial charge >= 0.3 is 0 Å². The average molecular weight is 389 g/mol. The number of anilines is 1. The monoisotopic (exact) mass is 388 g/mol. The molecule has 1 amide bonds. The largest absolute Gasteiger partial charge is 0.368 e. The molecule has 0 spiro atoms. The second-order valence-corrected chi connectivity index (χ2v) is 7.98. The van der Waals surface area contributed by atoms with Crippen LogP contribution in [0.3, 0.4) is 0 Å². The molecule has 5 heteroatoms. The Hall–Kier alpha value is -3.08. The first-order chi connectivity index (χ1) is 13.9. The molecule has 1 aliphatic rings. The molecule has 1 saturated heterocycles. The molecule has 1 fully saturated rings. The van der Waals surface area contributed by atoms with Crippen molar-refractivity contribution in [2.45, 2.75) is 27.7 Å². The summed E-state index contributed by atoms with van der Waals surface area (Å²) < 4.78 is 0. The van der Waals surface area contributed by atoms with Crippen LogP contribution in [0.1, 0.15) is 32.7 Å². The molecular weight excluding hydrogens is 360 g/mol. The summed E-state index contributed by atoms with van der Waals surface area (Å²) in [6.07, 6.45) is 0. The van der Waals surface area contributed by atoms with Crippen LogP contribution in [0.4, 0.5) is 5.69 Å². The van der Waals surface area contributed by atoms with Crippen molar-refractivity contribution in [2.24, 2.45) is 0 Å². The Morgan fingerprint density at radius 1 is 0.931 bits per heavy atom. The van der Waals surface area contributed by atoms with Crippen molar-refractivity contribution in [3.8, 4) is 11.3 Å². The van der Waals surface area contributed by atoms with Gasteiger partial charge in [-0.1, -0.05) is 35.9 Å². The van der Waals surface area contributed by atoms with Crippen molar-refractivity contribution >= 4 is 11.6 Å². The first kappa shape index (κ1) is 19.2. The zero-order valence-corrected chi connectivity index (χ0v) is 17.6. The van der Waals surface area contributed by atoms with Crippen LogP contribution in [-0.4, -0.2) is 47.2 Å². The zero-order chi connectivity index (χ0) is 20.5. The summed E-state index contributed by atoms with van der Waals surface area (Å²) in [6.45, 7) is 11.6. The number of amides is 1. The fourth-order valence-corrected chi connectivity index (χ4v) is 4.07. The van der Waals surface area contributed by atoms with E-state index in [-0.39, 0.29) is 5.91 Å². The molecule has 0 bridgehead atoms. The first-order valence-electron chi connectivity index (χ1n) is 10.2. The summed E-state index contributed by atoms with van der Waals surface area (Å²) >= 11 is 0. The van der Waals surface area contributed by atoms with E-state index in [1.165, 1.54) is 22.4 Å². The summed E-state index contributed by atoms with van der Waals surface area (Å²) in [7, 11) is 0. The molecule has 2 heterocycles. The van der Waals surface area contributed by atoms with E-state index in [0.717, 1.165) is 29.9 Å². The van der Waals surface area contributed by atoms with Gasteiger partial charge in [0, 0.05) is 37.4 Å². The van der Waals surface area contributed by atoms with E-state index in [2.05, 4.69) is 79.2 Å². The van der Waals surface area contributed by atoms with Crippen molar-refractivity contribution < 1.29 is 4.79 Å². The van der Waals surface area contributed by atoms with Crippen LogP contribution < -0.4 is 4.90 Å². The molecule has 4 rings (SSSR count). The molecule has 5 nitrogen and oxygen atoms in total.